The number of rotatable bonds is 11. The zero-order chi connectivity index (χ0) is 27.9. The van der Waals surface area contributed by atoms with Gasteiger partial charge in [-0.3, -0.25) is 13.9 Å². The zero-order valence-electron chi connectivity index (χ0n) is 22.8. The van der Waals surface area contributed by atoms with Crippen molar-refractivity contribution >= 4 is 39.1 Å². The number of anilines is 1. The van der Waals surface area contributed by atoms with Crippen molar-refractivity contribution in [1.82, 2.24) is 10.2 Å². The van der Waals surface area contributed by atoms with Crippen LogP contribution in [0.25, 0.3) is 0 Å². The average molecular weight is 562 g/mol. The van der Waals surface area contributed by atoms with Crippen LogP contribution in [-0.4, -0.2) is 50.0 Å². The number of nitrogens with one attached hydrogen (secondary N) is 1. The predicted octanol–water partition coefficient (Wildman–Crippen LogP) is 5.49. The maximum Gasteiger partial charge on any atom is 0.244 e. The Morgan fingerprint density at radius 1 is 1.03 bits per heavy atom. The third-order valence-electron chi connectivity index (χ3n) is 7.14. The van der Waals surface area contributed by atoms with Crippen molar-refractivity contribution in [2.75, 3.05) is 17.1 Å². The molecule has 1 aliphatic rings. The van der Waals surface area contributed by atoms with E-state index in [0.717, 1.165) is 41.8 Å². The Hall–Kier alpha value is -2.58. The Morgan fingerprint density at radius 3 is 2.26 bits per heavy atom. The van der Waals surface area contributed by atoms with Crippen LogP contribution in [0.2, 0.25) is 5.02 Å². The van der Waals surface area contributed by atoms with E-state index in [2.05, 4.69) is 5.32 Å². The number of hydrogen-bond acceptors (Lipinski definition) is 4. The van der Waals surface area contributed by atoms with Gasteiger partial charge < -0.3 is 10.2 Å². The van der Waals surface area contributed by atoms with Gasteiger partial charge in [0.05, 0.1) is 11.9 Å². The number of amides is 2. The molecular formula is C29H40ClN3O4S. The number of benzene rings is 2. The van der Waals surface area contributed by atoms with E-state index in [1.165, 1.54) is 11.3 Å². The minimum atomic E-state index is -3.80. The molecule has 1 unspecified atom stereocenters. The Bertz CT molecular complexity index is 1210. The van der Waals surface area contributed by atoms with Crippen molar-refractivity contribution in [2.24, 2.45) is 0 Å². The molecule has 0 heterocycles. The van der Waals surface area contributed by atoms with E-state index in [0.29, 0.717) is 22.7 Å². The standard InChI is InChI=1S/C29H40ClN3O4S/c1-5-26(29(35)31-23-14-7-6-8-15-23)32(19-22-13-9-11-17-25(22)30)28(34)20-33(38(4,36)37)27-18-12-10-16-24(27)21(2)3/h9-13,16-18,21,23,26H,5-8,14-15,19-20H2,1-4H3,(H,31,35). The number of sulfonamides is 1. The first kappa shape index (κ1) is 30.0. The molecule has 1 fully saturated rings. The van der Waals surface area contributed by atoms with Crippen molar-refractivity contribution < 1.29 is 18.0 Å². The van der Waals surface area contributed by atoms with Gasteiger partial charge in [-0.2, -0.15) is 0 Å². The van der Waals surface area contributed by atoms with Crippen LogP contribution in [0.15, 0.2) is 48.5 Å². The van der Waals surface area contributed by atoms with Gasteiger partial charge >= 0.3 is 0 Å². The average Bonchev–Trinajstić information content (AvgIpc) is 2.88. The molecule has 9 heteroatoms. The number of carbonyl (C=O) groups is 2. The molecule has 1 saturated carbocycles. The smallest absolute Gasteiger partial charge is 0.244 e. The van der Waals surface area contributed by atoms with Gasteiger partial charge in [0.15, 0.2) is 0 Å². The lowest BCUT2D eigenvalue weighted by Gasteiger charge is -2.34. The van der Waals surface area contributed by atoms with Crippen LogP contribution in [0.3, 0.4) is 0 Å². The highest BCUT2D eigenvalue weighted by atomic mass is 35.5. The molecule has 1 atom stereocenters. The lowest BCUT2D eigenvalue weighted by Crippen LogP contribution is -2.54. The number of para-hydroxylation sites is 1. The van der Waals surface area contributed by atoms with Crippen LogP contribution in [0, 0.1) is 0 Å². The van der Waals surface area contributed by atoms with Gasteiger partial charge in [-0.1, -0.05) is 88.0 Å². The Balaban J connectivity index is 1.97. The van der Waals surface area contributed by atoms with Crippen molar-refractivity contribution in [2.45, 2.75) is 83.8 Å². The maximum atomic E-state index is 14.0. The molecule has 2 aromatic rings. The van der Waals surface area contributed by atoms with Crippen LogP contribution in [-0.2, 0) is 26.2 Å². The molecule has 0 saturated heterocycles. The third-order valence-corrected chi connectivity index (χ3v) is 8.64. The van der Waals surface area contributed by atoms with Gasteiger partial charge in [-0.05, 0) is 48.4 Å². The van der Waals surface area contributed by atoms with E-state index in [9.17, 15) is 18.0 Å². The van der Waals surface area contributed by atoms with Gasteiger partial charge in [0.2, 0.25) is 21.8 Å². The summed E-state index contributed by atoms with van der Waals surface area (Å²) in [7, 11) is -3.80. The molecule has 38 heavy (non-hydrogen) atoms. The topological polar surface area (TPSA) is 86.8 Å². The zero-order valence-corrected chi connectivity index (χ0v) is 24.4. The van der Waals surface area contributed by atoms with Gasteiger partial charge in [-0.25, -0.2) is 8.42 Å². The molecule has 208 valence electrons. The van der Waals surface area contributed by atoms with E-state index in [-0.39, 0.29) is 24.4 Å². The monoisotopic (exact) mass is 561 g/mol. The molecule has 3 rings (SSSR count). The summed E-state index contributed by atoms with van der Waals surface area (Å²) in [5.41, 5.74) is 1.99. The minimum absolute atomic E-state index is 0.0504. The highest BCUT2D eigenvalue weighted by Gasteiger charge is 2.33. The van der Waals surface area contributed by atoms with E-state index >= 15 is 0 Å². The molecule has 7 nitrogen and oxygen atoms in total. The predicted molar refractivity (Wildman–Crippen MR) is 154 cm³/mol. The van der Waals surface area contributed by atoms with Crippen molar-refractivity contribution in [3.63, 3.8) is 0 Å². The lowest BCUT2D eigenvalue weighted by molar-refractivity contribution is -0.140. The molecule has 0 aliphatic heterocycles. The number of halogens is 1. The summed E-state index contributed by atoms with van der Waals surface area (Å²) in [5, 5.41) is 3.63. The van der Waals surface area contributed by atoms with E-state index in [1.807, 2.05) is 45.0 Å². The van der Waals surface area contributed by atoms with Gasteiger partial charge in [0.25, 0.3) is 0 Å². The van der Waals surface area contributed by atoms with E-state index in [1.54, 1.807) is 24.3 Å². The van der Waals surface area contributed by atoms with E-state index in [4.69, 9.17) is 11.6 Å². The third kappa shape index (κ3) is 7.73. The van der Waals surface area contributed by atoms with Crippen LogP contribution in [0.1, 0.15) is 76.3 Å². The molecule has 1 N–H and O–H groups in total. The molecule has 0 radical (unpaired) electrons. The highest BCUT2D eigenvalue weighted by Crippen LogP contribution is 2.29. The summed E-state index contributed by atoms with van der Waals surface area (Å²) in [4.78, 5) is 28.9. The maximum absolute atomic E-state index is 14.0. The van der Waals surface area contributed by atoms with Crippen molar-refractivity contribution in [1.29, 1.82) is 0 Å². The summed E-state index contributed by atoms with van der Waals surface area (Å²) in [6.07, 6.45) is 6.65. The Labute approximate surface area is 232 Å². The van der Waals surface area contributed by atoms with E-state index < -0.39 is 28.5 Å². The largest absolute Gasteiger partial charge is 0.352 e. The summed E-state index contributed by atoms with van der Waals surface area (Å²) < 4.78 is 27.1. The summed E-state index contributed by atoms with van der Waals surface area (Å²) in [6, 6.07) is 13.7. The first-order valence-corrected chi connectivity index (χ1v) is 15.6. The van der Waals surface area contributed by atoms with Gasteiger partial charge in [0, 0.05) is 17.6 Å². The fraction of sp³-hybridized carbons (Fsp3) is 0.517. The molecule has 2 aromatic carbocycles. The molecular weight excluding hydrogens is 522 g/mol. The Kier molecular flexibility index (Phi) is 10.6. The molecule has 0 spiro atoms. The lowest BCUT2D eigenvalue weighted by atomic mass is 9.95. The number of hydrogen-bond donors (Lipinski definition) is 1. The molecule has 0 bridgehead atoms. The van der Waals surface area contributed by atoms with Crippen molar-refractivity contribution in [3.8, 4) is 0 Å². The Morgan fingerprint density at radius 2 is 1.66 bits per heavy atom. The number of carbonyl (C=O) groups excluding carboxylic acids is 2. The van der Waals surface area contributed by atoms with Crippen LogP contribution < -0.4 is 9.62 Å². The number of nitrogens with zero attached hydrogens (tertiary/aromatic N) is 2. The van der Waals surface area contributed by atoms with Gasteiger partial charge in [-0.15, -0.1) is 0 Å². The summed E-state index contributed by atoms with van der Waals surface area (Å²) in [6.45, 7) is 5.50. The quantitative estimate of drug-likeness (QED) is 0.393. The van der Waals surface area contributed by atoms with Crippen LogP contribution >= 0.6 is 11.6 Å². The van der Waals surface area contributed by atoms with Gasteiger partial charge in [0.1, 0.15) is 12.6 Å². The normalized spacial score (nSPS) is 15.2. The second-order valence-corrected chi connectivity index (χ2v) is 12.7. The summed E-state index contributed by atoms with van der Waals surface area (Å²) in [5.74, 6) is -0.623. The van der Waals surface area contributed by atoms with Crippen molar-refractivity contribution in [3.05, 3.63) is 64.7 Å². The molecule has 0 aromatic heterocycles. The second-order valence-electron chi connectivity index (χ2n) is 10.4. The fourth-order valence-corrected chi connectivity index (χ4v) is 6.14. The van der Waals surface area contributed by atoms with Crippen LogP contribution in [0.5, 0.6) is 0 Å². The molecule has 2 amide bonds. The van der Waals surface area contributed by atoms with Crippen LogP contribution in [0.4, 0.5) is 5.69 Å². The second kappa shape index (κ2) is 13.5. The highest BCUT2D eigenvalue weighted by molar-refractivity contribution is 7.92. The molecule has 1 aliphatic carbocycles. The fourth-order valence-electron chi connectivity index (χ4n) is 5.07. The SMILES string of the molecule is CCC(C(=O)NC1CCCCC1)N(Cc1ccccc1Cl)C(=O)CN(c1ccccc1C(C)C)S(C)(=O)=O. The minimum Gasteiger partial charge on any atom is -0.352 e. The first-order chi connectivity index (χ1) is 18.0. The first-order valence-electron chi connectivity index (χ1n) is 13.4. The summed E-state index contributed by atoms with van der Waals surface area (Å²) >= 11 is 6.44.